The molecule has 1 saturated carbocycles. The summed E-state index contributed by atoms with van der Waals surface area (Å²) in [6.07, 6.45) is 4.92. The summed E-state index contributed by atoms with van der Waals surface area (Å²) in [6, 6.07) is 7.36. The van der Waals surface area contributed by atoms with Gasteiger partial charge in [-0.2, -0.15) is 0 Å². The first kappa shape index (κ1) is 20.0. The molecule has 1 aromatic carbocycles. The Kier molecular flexibility index (Phi) is 4.92. The number of nitrogens with two attached hydrogens (primary N) is 2. The van der Waals surface area contributed by atoms with Gasteiger partial charge in [0.25, 0.3) is 0 Å². The normalized spacial score (nSPS) is 25.6. The molecule has 5 rings (SSSR count). The van der Waals surface area contributed by atoms with Gasteiger partial charge in [-0.15, -0.1) is 0 Å². The minimum absolute atomic E-state index is 0.192. The van der Waals surface area contributed by atoms with Crippen molar-refractivity contribution in [2.24, 2.45) is 5.92 Å². The highest BCUT2D eigenvalue weighted by Crippen LogP contribution is 2.38. The maximum atomic E-state index is 10.7. The molecule has 0 amide bonds. The Labute approximate surface area is 184 Å². The van der Waals surface area contributed by atoms with Crippen LogP contribution in [0.15, 0.2) is 36.7 Å². The Balaban J connectivity index is 1.36. The van der Waals surface area contributed by atoms with Gasteiger partial charge in [-0.25, -0.2) is 15.0 Å². The van der Waals surface area contributed by atoms with E-state index in [0.29, 0.717) is 29.6 Å². The van der Waals surface area contributed by atoms with Crippen molar-refractivity contribution in [3.8, 4) is 0 Å². The molecule has 2 aliphatic rings. The van der Waals surface area contributed by atoms with Crippen LogP contribution >= 0.6 is 11.6 Å². The minimum Gasteiger partial charge on any atom is -0.390 e. The number of halogens is 1. The van der Waals surface area contributed by atoms with Crippen LogP contribution in [0.25, 0.3) is 17.0 Å². The predicted octanol–water partition coefficient (Wildman–Crippen LogP) is 2.03. The van der Waals surface area contributed by atoms with Crippen LogP contribution in [0.2, 0.25) is 5.02 Å². The fourth-order valence-corrected chi connectivity index (χ4v) is 4.78. The van der Waals surface area contributed by atoms with Crippen LogP contribution in [0.3, 0.4) is 0 Å². The van der Waals surface area contributed by atoms with E-state index in [0.717, 1.165) is 34.3 Å². The number of pyridine rings is 1. The number of nitrogens with zero attached hydrogens (tertiary/aromatic N) is 4. The van der Waals surface area contributed by atoms with Crippen molar-refractivity contribution in [3.05, 3.63) is 52.8 Å². The van der Waals surface area contributed by atoms with Crippen LogP contribution in [0, 0.1) is 5.92 Å². The fraction of sp³-hybridized carbons (Fsp3) is 0.318. The number of hydrogen-bond acceptors (Lipinski definition) is 8. The third kappa shape index (κ3) is 3.46. The molecule has 2 aromatic heterocycles. The lowest BCUT2D eigenvalue weighted by molar-refractivity contribution is 0.0229. The summed E-state index contributed by atoms with van der Waals surface area (Å²) in [5.74, 6) is 1.33. The molecule has 31 heavy (non-hydrogen) atoms. The smallest absolute Gasteiger partial charge is 0.142 e. The topological polar surface area (TPSA) is 134 Å². The third-order valence-electron chi connectivity index (χ3n) is 6.29. The molecule has 1 aliphatic heterocycles. The predicted molar refractivity (Wildman–Crippen MR) is 122 cm³/mol. The summed E-state index contributed by atoms with van der Waals surface area (Å²) >= 11 is 6.04. The average molecular weight is 439 g/mol. The number of hydrogen-bond donors (Lipinski definition) is 4. The van der Waals surface area contributed by atoms with Crippen molar-refractivity contribution in [1.82, 2.24) is 15.0 Å². The Bertz CT molecular complexity index is 1190. The SMILES string of the molecule is Nc1nc2cc(/C=C/C3CC(N4CCc5c(N)ncnc54)C(O)C3O)ccc2cc1Cl. The number of nitrogen functional groups attached to an aromatic ring is 2. The molecular weight excluding hydrogens is 416 g/mol. The number of anilines is 3. The molecule has 0 radical (unpaired) electrons. The monoisotopic (exact) mass is 438 g/mol. The lowest BCUT2D eigenvalue weighted by Gasteiger charge is -2.28. The second-order valence-corrected chi connectivity index (χ2v) is 8.53. The van der Waals surface area contributed by atoms with Crippen LogP contribution in [0.1, 0.15) is 17.5 Å². The quantitative estimate of drug-likeness (QED) is 0.488. The van der Waals surface area contributed by atoms with E-state index in [1.165, 1.54) is 6.33 Å². The second kappa shape index (κ2) is 7.64. The van der Waals surface area contributed by atoms with Gasteiger partial charge in [-0.05, 0) is 30.5 Å². The molecule has 0 bridgehead atoms. The molecule has 1 fully saturated rings. The highest BCUT2D eigenvalue weighted by atomic mass is 35.5. The second-order valence-electron chi connectivity index (χ2n) is 8.12. The van der Waals surface area contributed by atoms with E-state index in [9.17, 15) is 10.2 Å². The van der Waals surface area contributed by atoms with Crippen LogP contribution < -0.4 is 16.4 Å². The summed E-state index contributed by atoms with van der Waals surface area (Å²) in [5, 5.41) is 22.8. The molecule has 8 nitrogen and oxygen atoms in total. The van der Waals surface area contributed by atoms with Crippen molar-refractivity contribution in [3.63, 3.8) is 0 Å². The van der Waals surface area contributed by atoms with Crippen molar-refractivity contribution in [2.75, 3.05) is 22.9 Å². The molecule has 3 aromatic rings. The summed E-state index contributed by atoms with van der Waals surface area (Å²) in [7, 11) is 0. The minimum atomic E-state index is -0.878. The largest absolute Gasteiger partial charge is 0.390 e. The Morgan fingerprint density at radius 1 is 1.10 bits per heavy atom. The molecule has 0 spiro atoms. The highest BCUT2D eigenvalue weighted by molar-refractivity contribution is 6.33. The fourth-order valence-electron chi connectivity index (χ4n) is 4.62. The summed E-state index contributed by atoms with van der Waals surface area (Å²) in [6.45, 7) is 0.698. The molecule has 6 N–H and O–H groups in total. The molecule has 4 atom stereocenters. The van der Waals surface area contributed by atoms with E-state index < -0.39 is 12.2 Å². The van der Waals surface area contributed by atoms with E-state index >= 15 is 0 Å². The Hall–Kier alpha value is -2.94. The highest BCUT2D eigenvalue weighted by Gasteiger charge is 2.45. The van der Waals surface area contributed by atoms with Crippen molar-refractivity contribution in [2.45, 2.75) is 31.1 Å². The number of benzene rings is 1. The van der Waals surface area contributed by atoms with E-state index in [1.807, 2.05) is 35.3 Å². The van der Waals surface area contributed by atoms with E-state index in [1.54, 1.807) is 6.07 Å². The van der Waals surface area contributed by atoms with Gasteiger partial charge >= 0.3 is 0 Å². The van der Waals surface area contributed by atoms with Crippen LogP contribution in [-0.4, -0.2) is 50.0 Å². The van der Waals surface area contributed by atoms with Crippen LogP contribution in [-0.2, 0) is 6.42 Å². The Morgan fingerprint density at radius 3 is 2.77 bits per heavy atom. The van der Waals surface area contributed by atoms with Gasteiger partial charge in [0, 0.05) is 23.4 Å². The van der Waals surface area contributed by atoms with Crippen molar-refractivity contribution in [1.29, 1.82) is 0 Å². The summed E-state index contributed by atoms with van der Waals surface area (Å²) in [4.78, 5) is 14.8. The lowest BCUT2D eigenvalue weighted by Crippen LogP contribution is -2.43. The zero-order chi connectivity index (χ0) is 21.7. The first-order valence-electron chi connectivity index (χ1n) is 10.2. The van der Waals surface area contributed by atoms with Gasteiger partial charge in [0.2, 0.25) is 0 Å². The van der Waals surface area contributed by atoms with Gasteiger partial charge in [-0.3, -0.25) is 0 Å². The number of rotatable bonds is 3. The summed E-state index contributed by atoms with van der Waals surface area (Å²) < 4.78 is 0. The van der Waals surface area contributed by atoms with Crippen LogP contribution in [0.4, 0.5) is 17.5 Å². The molecule has 3 heterocycles. The number of aromatic nitrogens is 3. The first-order valence-corrected chi connectivity index (χ1v) is 10.6. The zero-order valence-corrected chi connectivity index (χ0v) is 17.4. The van der Waals surface area contributed by atoms with E-state index in [-0.39, 0.29) is 12.0 Å². The molecule has 1 aliphatic carbocycles. The third-order valence-corrected chi connectivity index (χ3v) is 6.59. The van der Waals surface area contributed by atoms with Crippen LogP contribution in [0.5, 0.6) is 0 Å². The first-order chi connectivity index (χ1) is 14.9. The van der Waals surface area contributed by atoms with Gasteiger partial charge in [0.15, 0.2) is 0 Å². The Morgan fingerprint density at radius 2 is 1.94 bits per heavy atom. The molecule has 9 heteroatoms. The average Bonchev–Trinajstić information content (AvgIpc) is 3.30. The van der Waals surface area contributed by atoms with Crippen molar-refractivity contribution >= 4 is 46.0 Å². The zero-order valence-electron chi connectivity index (χ0n) is 16.7. The van der Waals surface area contributed by atoms with Gasteiger partial charge in [0.05, 0.1) is 22.7 Å². The van der Waals surface area contributed by atoms with Gasteiger partial charge in [0.1, 0.15) is 29.9 Å². The molecule has 4 unspecified atom stereocenters. The number of aliphatic hydroxyl groups is 2. The lowest BCUT2D eigenvalue weighted by atomic mass is 10.0. The maximum absolute atomic E-state index is 10.7. The molecule has 0 saturated heterocycles. The maximum Gasteiger partial charge on any atom is 0.142 e. The van der Waals surface area contributed by atoms with Gasteiger partial charge in [-0.1, -0.05) is 35.9 Å². The molecule has 160 valence electrons. The number of aliphatic hydroxyl groups excluding tert-OH is 2. The number of fused-ring (bicyclic) bond motifs is 2. The standard InChI is InChI=1S/C22H23ClN6O2/c23-15-8-12-3-1-11(7-16(12)28-21(15)25)2-4-13-9-17(19(31)18(13)30)29-6-5-14-20(24)26-10-27-22(14)29/h1-4,7-8,10,13,17-19,30-31H,5-6,9H2,(H2,25,28)(H2,24,26,27)/b4-2+. The molecular formula is C22H23ClN6O2. The van der Waals surface area contributed by atoms with E-state index in [2.05, 4.69) is 15.0 Å². The van der Waals surface area contributed by atoms with Crippen molar-refractivity contribution < 1.29 is 10.2 Å². The summed E-state index contributed by atoms with van der Waals surface area (Å²) in [5.41, 5.74) is 14.4. The van der Waals surface area contributed by atoms with E-state index in [4.69, 9.17) is 23.1 Å². The van der Waals surface area contributed by atoms with Gasteiger partial charge < -0.3 is 26.6 Å².